The van der Waals surface area contributed by atoms with E-state index in [1.54, 1.807) is 35.7 Å². The first kappa shape index (κ1) is 21.1. The fourth-order valence-corrected chi connectivity index (χ4v) is 4.60. The molecular formula is C20H22N4O6S. The second-order valence-corrected chi connectivity index (χ2v) is 8.21. The minimum absolute atomic E-state index is 0.0303. The minimum atomic E-state index is -0.741. The number of rotatable bonds is 6. The lowest BCUT2D eigenvalue weighted by atomic mass is 10.2. The molecule has 0 bridgehead atoms. The summed E-state index contributed by atoms with van der Waals surface area (Å²) < 4.78 is 8.29. The Kier molecular flexibility index (Phi) is 5.79. The summed E-state index contributed by atoms with van der Waals surface area (Å²) in [6.45, 7) is 2.76. The van der Waals surface area contributed by atoms with E-state index in [1.165, 1.54) is 20.6 Å². The van der Waals surface area contributed by atoms with E-state index in [1.807, 2.05) is 0 Å². The van der Waals surface area contributed by atoms with Crippen molar-refractivity contribution in [3.63, 3.8) is 0 Å². The van der Waals surface area contributed by atoms with Crippen LogP contribution in [-0.4, -0.2) is 67.1 Å². The molecule has 1 atom stereocenters. The van der Waals surface area contributed by atoms with Gasteiger partial charge in [-0.1, -0.05) is 0 Å². The van der Waals surface area contributed by atoms with Gasteiger partial charge in [-0.25, -0.2) is 4.79 Å². The molecule has 11 heteroatoms. The Morgan fingerprint density at radius 2 is 2.19 bits per heavy atom. The maximum atomic E-state index is 12.8. The van der Waals surface area contributed by atoms with E-state index in [0.29, 0.717) is 35.3 Å². The Morgan fingerprint density at radius 1 is 1.39 bits per heavy atom. The maximum absolute atomic E-state index is 12.8. The largest absolute Gasteiger partial charge is 0.502 e. The highest BCUT2D eigenvalue weighted by molar-refractivity contribution is 7.17. The van der Waals surface area contributed by atoms with Crippen LogP contribution in [0.4, 0.5) is 0 Å². The zero-order valence-corrected chi connectivity index (χ0v) is 17.7. The third-order valence-electron chi connectivity index (χ3n) is 5.17. The number of thiophene rings is 1. The second-order valence-electron chi connectivity index (χ2n) is 7.30. The van der Waals surface area contributed by atoms with Gasteiger partial charge in [-0.05, 0) is 24.8 Å². The number of esters is 1. The summed E-state index contributed by atoms with van der Waals surface area (Å²) in [5.41, 5.74) is 0.337. The number of likely N-dealkylation sites (tertiary alicyclic amines) is 1. The number of carbonyl (C=O) groups is 2. The number of aromatic nitrogens is 3. The van der Waals surface area contributed by atoms with Crippen LogP contribution in [0.15, 0.2) is 28.6 Å². The Morgan fingerprint density at radius 3 is 2.90 bits per heavy atom. The number of pyridine rings is 1. The van der Waals surface area contributed by atoms with E-state index in [4.69, 9.17) is 4.74 Å². The molecule has 1 fully saturated rings. The van der Waals surface area contributed by atoms with Gasteiger partial charge in [0.2, 0.25) is 5.91 Å². The topological polar surface area (TPSA) is 127 Å². The molecule has 0 saturated carbocycles. The molecule has 2 N–H and O–H groups in total. The van der Waals surface area contributed by atoms with Crippen molar-refractivity contribution in [3.05, 3.63) is 45.3 Å². The van der Waals surface area contributed by atoms with Gasteiger partial charge in [-0.2, -0.15) is 5.10 Å². The van der Waals surface area contributed by atoms with Crippen LogP contribution >= 0.6 is 11.3 Å². The molecule has 4 heterocycles. The normalized spacial score (nSPS) is 16.2. The van der Waals surface area contributed by atoms with Gasteiger partial charge >= 0.3 is 5.97 Å². The number of aliphatic hydroxyl groups excluding tert-OH is 1. The molecule has 164 valence electrons. The fourth-order valence-electron chi connectivity index (χ4n) is 3.67. The fraction of sp³-hybridized carbons (Fsp3) is 0.400. The molecule has 1 saturated heterocycles. The second kappa shape index (κ2) is 8.52. The van der Waals surface area contributed by atoms with E-state index < -0.39 is 23.4 Å². The summed E-state index contributed by atoms with van der Waals surface area (Å²) in [5, 5.41) is 25.9. The predicted octanol–water partition coefficient (Wildman–Crippen LogP) is 0.783. The van der Waals surface area contributed by atoms with Gasteiger partial charge in [0.05, 0.1) is 35.7 Å². The van der Waals surface area contributed by atoms with Gasteiger partial charge in [0.15, 0.2) is 5.75 Å². The molecule has 0 radical (unpaired) electrons. The number of hydrogen-bond donors (Lipinski definition) is 2. The highest BCUT2D eigenvalue weighted by Crippen LogP contribution is 2.29. The first-order valence-electron chi connectivity index (χ1n) is 9.86. The molecule has 1 aliphatic heterocycles. The molecule has 4 rings (SSSR count). The van der Waals surface area contributed by atoms with Crippen LogP contribution in [0.5, 0.6) is 5.75 Å². The molecule has 0 aliphatic carbocycles. The summed E-state index contributed by atoms with van der Waals surface area (Å²) in [4.78, 5) is 39.0. The molecule has 0 aromatic carbocycles. The Balaban J connectivity index is 1.59. The highest BCUT2D eigenvalue weighted by Gasteiger charge is 2.26. The van der Waals surface area contributed by atoms with Crippen LogP contribution in [0, 0.1) is 0 Å². The number of carbonyl (C=O) groups excluding carboxylic acids is 2. The standard InChI is InChI=1S/C20H22N4O6S/c1-2-30-20(29)16-17(27)19(28)24(14-4-6-31-18(14)16)9-12-7-21-23(8-12)11-15(26)22-5-3-13(25)10-22/h4,6-8,13,25,27H,2-3,5,9-11H2,1H3. The summed E-state index contributed by atoms with van der Waals surface area (Å²) in [6, 6.07) is 1.70. The van der Waals surface area contributed by atoms with E-state index in [0.717, 1.165) is 0 Å². The van der Waals surface area contributed by atoms with Gasteiger partial charge in [0.25, 0.3) is 5.56 Å². The number of ether oxygens (including phenoxy) is 1. The third kappa shape index (κ3) is 4.06. The Labute approximate surface area is 180 Å². The van der Waals surface area contributed by atoms with Gasteiger partial charge < -0.3 is 19.8 Å². The molecule has 1 amide bonds. The number of amides is 1. The quantitative estimate of drug-likeness (QED) is 0.536. The molecule has 1 unspecified atom stereocenters. The lowest BCUT2D eigenvalue weighted by Crippen LogP contribution is -2.32. The predicted molar refractivity (Wildman–Crippen MR) is 112 cm³/mol. The Bertz CT molecular complexity index is 1200. The average Bonchev–Trinajstić information content (AvgIpc) is 3.47. The van der Waals surface area contributed by atoms with Gasteiger partial charge in [-0.15, -0.1) is 11.3 Å². The van der Waals surface area contributed by atoms with Gasteiger partial charge in [0.1, 0.15) is 12.1 Å². The SMILES string of the molecule is CCOC(=O)c1c(O)c(=O)n(Cc2cnn(CC(=O)N3CCC(O)C3)c2)c2ccsc12. The molecule has 3 aromatic rings. The molecule has 1 aliphatic rings. The molecule has 0 spiro atoms. The number of fused-ring (bicyclic) bond motifs is 1. The monoisotopic (exact) mass is 446 g/mol. The van der Waals surface area contributed by atoms with Crippen LogP contribution in [0.1, 0.15) is 29.3 Å². The summed E-state index contributed by atoms with van der Waals surface area (Å²) >= 11 is 1.23. The summed E-state index contributed by atoms with van der Waals surface area (Å²) in [6.07, 6.45) is 3.29. The number of aliphatic hydroxyl groups is 1. The van der Waals surface area contributed by atoms with Crippen LogP contribution in [-0.2, 0) is 22.6 Å². The third-order valence-corrected chi connectivity index (χ3v) is 6.09. The zero-order valence-electron chi connectivity index (χ0n) is 16.9. The van der Waals surface area contributed by atoms with Crippen molar-refractivity contribution >= 4 is 33.4 Å². The lowest BCUT2D eigenvalue weighted by Gasteiger charge is -2.15. The van der Waals surface area contributed by atoms with Gasteiger partial charge in [0, 0.05) is 24.8 Å². The van der Waals surface area contributed by atoms with Crippen molar-refractivity contribution in [3.8, 4) is 5.75 Å². The van der Waals surface area contributed by atoms with Crippen molar-refractivity contribution in [2.24, 2.45) is 0 Å². The lowest BCUT2D eigenvalue weighted by molar-refractivity contribution is -0.131. The van der Waals surface area contributed by atoms with Crippen molar-refractivity contribution in [2.75, 3.05) is 19.7 Å². The smallest absolute Gasteiger partial charge is 0.343 e. The molecular weight excluding hydrogens is 424 g/mol. The number of aromatic hydroxyl groups is 1. The first-order chi connectivity index (χ1) is 14.9. The molecule has 31 heavy (non-hydrogen) atoms. The first-order valence-corrected chi connectivity index (χ1v) is 10.7. The minimum Gasteiger partial charge on any atom is -0.502 e. The van der Waals surface area contributed by atoms with Crippen molar-refractivity contribution in [2.45, 2.75) is 32.5 Å². The number of β-amino-alcohol motifs (C(OH)–C–C–N with tert-alkyl or cyclic N) is 1. The van der Waals surface area contributed by atoms with E-state index in [-0.39, 0.29) is 31.2 Å². The van der Waals surface area contributed by atoms with Crippen LogP contribution in [0.25, 0.3) is 10.2 Å². The van der Waals surface area contributed by atoms with Gasteiger partial charge in [-0.3, -0.25) is 18.8 Å². The Hall–Kier alpha value is -3.18. The van der Waals surface area contributed by atoms with Crippen LogP contribution < -0.4 is 5.56 Å². The summed E-state index contributed by atoms with van der Waals surface area (Å²) in [5.74, 6) is -1.53. The summed E-state index contributed by atoms with van der Waals surface area (Å²) in [7, 11) is 0. The molecule has 10 nitrogen and oxygen atoms in total. The van der Waals surface area contributed by atoms with E-state index in [9.17, 15) is 24.6 Å². The van der Waals surface area contributed by atoms with Crippen LogP contribution in [0.2, 0.25) is 0 Å². The zero-order chi connectivity index (χ0) is 22.1. The molecule has 3 aromatic heterocycles. The average molecular weight is 446 g/mol. The number of nitrogens with zero attached hydrogens (tertiary/aromatic N) is 4. The van der Waals surface area contributed by atoms with Crippen molar-refractivity contribution in [1.29, 1.82) is 0 Å². The highest BCUT2D eigenvalue weighted by atomic mass is 32.1. The van der Waals surface area contributed by atoms with Crippen molar-refractivity contribution in [1.82, 2.24) is 19.2 Å². The van der Waals surface area contributed by atoms with Crippen LogP contribution in [0.3, 0.4) is 0 Å². The van der Waals surface area contributed by atoms with E-state index in [2.05, 4.69) is 5.10 Å². The van der Waals surface area contributed by atoms with Crippen molar-refractivity contribution < 1.29 is 24.5 Å². The number of hydrogen-bond acceptors (Lipinski definition) is 8. The van der Waals surface area contributed by atoms with E-state index >= 15 is 0 Å². The maximum Gasteiger partial charge on any atom is 0.343 e.